The molecule has 3 fully saturated rings. The number of nitrogens with zero attached hydrogens (tertiary/aromatic N) is 1. The number of hydrogen-bond donors (Lipinski definition) is 2. The molecule has 8 nitrogen and oxygen atoms in total. The van der Waals surface area contributed by atoms with Crippen LogP contribution in [0.4, 0.5) is 4.79 Å². The summed E-state index contributed by atoms with van der Waals surface area (Å²) in [7, 11) is -0.416. The Balaban J connectivity index is 1.05. The highest BCUT2D eigenvalue weighted by Gasteiger charge is 2.54. The molecule has 8 rings (SSSR count). The van der Waals surface area contributed by atoms with Gasteiger partial charge in [-0.15, -0.1) is 0 Å². The van der Waals surface area contributed by atoms with Gasteiger partial charge < -0.3 is 29.1 Å². The van der Waals surface area contributed by atoms with Crippen LogP contribution in [0, 0.1) is 5.41 Å². The highest BCUT2D eigenvalue weighted by atomic mass is 16.7. The Hall–Kier alpha value is -3.92. The maximum Gasteiger partial charge on any atom is 0.494 e. The molecule has 2 aliphatic heterocycles. The van der Waals surface area contributed by atoms with Gasteiger partial charge in [0.25, 0.3) is 0 Å². The van der Waals surface area contributed by atoms with Gasteiger partial charge in [0.05, 0.1) is 47.8 Å². The smallest absolute Gasteiger partial charge is 0.445 e. The number of benzene rings is 3. The second-order valence-corrected chi connectivity index (χ2v) is 15.2. The van der Waals surface area contributed by atoms with E-state index in [2.05, 4.69) is 81.3 Å². The van der Waals surface area contributed by atoms with E-state index in [4.69, 9.17) is 23.8 Å². The van der Waals surface area contributed by atoms with Gasteiger partial charge in [-0.3, -0.25) is 0 Å². The standard InChI is InChI=1S/C39H44BN3O5/c1-6-38(16-17-38)20-32(43-35(44)46-22-25-10-8-7-9-11-25)34-41-21-33(42-34)26-12-14-28-29-15-13-27(40-47-36(2,3)37(4,5)48-40)19-31(29)39(23-45-24-39)30(28)18-26/h7-15,18-19,21,32H,6,16-17,20,22-24H2,1-5H3,(H,41,42)(H,43,44)/t32-/m0/s1. The van der Waals surface area contributed by atoms with Crippen molar-refractivity contribution in [2.75, 3.05) is 13.2 Å². The third kappa shape index (κ3) is 5.27. The first-order valence-corrected chi connectivity index (χ1v) is 17.3. The van der Waals surface area contributed by atoms with E-state index in [0.29, 0.717) is 13.2 Å². The predicted octanol–water partition coefficient (Wildman–Crippen LogP) is 7.22. The van der Waals surface area contributed by atoms with Gasteiger partial charge in [0.1, 0.15) is 12.4 Å². The summed E-state index contributed by atoms with van der Waals surface area (Å²) in [6, 6.07) is 22.7. The van der Waals surface area contributed by atoms with Gasteiger partial charge in [0.2, 0.25) is 0 Å². The van der Waals surface area contributed by atoms with Crippen molar-refractivity contribution >= 4 is 18.7 Å². The van der Waals surface area contributed by atoms with Crippen molar-refractivity contribution in [3.63, 3.8) is 0 Å². The predicted molar refractivity (Wildman–Crippen MR) is 186 cm³/mol. The first kappa shape index (κ1) is 31.4. The van der Waals surface area contributed by atoms with Crippen molar-refractivity contribution in [3.05, 3.63) is 95.4 Å². The van der Waals surface area contributed by atoms with E-state index in [0.717, 1.165) is 40.9 Å². The molecule has 0 unspecified atom stereocenters. The number of nitrogens with one attached hydrogen (secondary N) is 2. The molecular weight excluding hydrogens is 601 g/mol. The van der Waals surface area contributed by atoms with Crippen LogP contribution in [-0.2, 0) is 30.8 Å². The largest absolute Gasteiger partial charge is 0.494 e. The molecule has 4 aromatic rings. The molecule has 0 bridgehead atoms. The van der Waals surface area contributed by atoms with Gasteiger partial charge >= 0.3 is 13.2 Å². The number of imidazole rings is 1. The minimum absolute atomic E-state index is 0.213. The maximum absolute atomic E-state index is 13.0. The Bertz CT molecular complexity index is 1840. The molecular formula is C39H44BN3O5. The lowest BCUT2D eigenvalue weighted by Gasteiger charge is -2.40. The van der Waals surface area contributed by atoms with E-state index in [-0.39, 0.29) is 23.5 Å². The number of H-pyrrole nitrogens is 1. The van der Waals surface area contributed by atoms with E-state index < -0.39 is 24.4 Å². The summed E-state index contributed by atoms with van der Waals surface area (Å²) in [6.45, 7) is 12.1. The lowest BCUT2D eigenvalue weighted by molar-refractivity contribution is -0.0357. The number of carbonyl (C=O) groups excluding carboxylic acids is 1. The maximum atomic E-state index is 13.0. The zero-order valence-electron chi connectivity index (χ0n) is 28.5. The van der Waals surface area contributed by atoms with E-state index in [1.807, 2.05) is 36.5 Å². The molecule has 48 heavy (non-hydrogen) atoms. The lowest BCUT2D eigenvalue weighted by atomic mass is 9.72. The van der Waals surface area contributed by atoms with Crippen LogP contribution < -0.4 is 10.8 Å². The molecule has 0 radical (unpaired) electrons. The zero-order chi connectivity index (χ0) is 33.3. The van der Waals surface area contributed by atoms with Crippen LogP contribution in [0.2, 0.25) is 0 Å². The van der Waals surface area contributed by atoms with E-state index in [9.17, 15) is 4.79 Å². The van der Waals surface area contributed by atoms with Crippen LogP contribution in [0.5, 0.6) is 0 Å². The van der Waals surface area contributed by atoms with Crippen LogP contribution >= 0.6 is 0 Å². The summed E-state index contributed by atoms with van der Waals surface area (Å²) in [4.78, 5) is 21.4. The summed E-state index contributed by atoms with van der Waals surface area (Å²) in [5.74, 6) is 0.749. The molecule has 2 saturated heterocycles. The Morgan fingerprint density at radius 3 is 2.29 bits per heavy atom. The fourth-order valence-electron chi connectivity index (χ4n) is 7.52. The van der Waals surface area contributed by atoms with Crippen LogP contribution in [0.3, 0.4) is 0 Å². The van der Waals surface area contributed by atoms with Crippen LogP contribution in [-0.4, -0.2) is 47.6 Å². The van der Waals surface area contributed by atoms with E-state index in [1.165, 1.54) is 35.1 Å². The summed E-state index contributed by atoms with van der Waals surface area (Å²) in [6.07, 6.45) is 5.68. The Labute approximate surface area is 283 Å². The van der Waals surface area contributed by atoms with Crippen LogP contribution in [0.15, 0.2) is 72.9 Å². The fraction of sp³-hybridized carbons (Fsp3) is 0.436. The first-order chi connectivity index (χ1) is 23.0. The minimum atomic E-state index is -0.434. The van der Waals surface area contributed by atoms with Crippen molar-refractivity contribution in [3.8, 4) is 22.4 Å². The number of amides is 1. The number of fused-ring (bicyclic) bond motifs is 5. The third-order valence-corrected chi connectivity index (χ3v) is 11.7. The molecule has 9 heteroatoms. The number of hydrogen-bond acceptors (Lipinski definition) is 6. The number of aromatic amines is 1. The van der Waals surface area contributed by atoms with Gasteiger partial charge in [-0.05, 0) is 97.3 Å². The molecule has 4 aliphatic rings. The van der Waals surface area contributed by atoms with Crippen molar-refractivity contribution in [1.82, 2.24) is 15.3 Å². The highest BCUT2D eigenvalue weighted by molar-refractivity contribution is 6.62. The molecule has 1 saturated carbocycles. The quantitative estimate of drug-likeness (QED) is 0.187. The number of rotatable bonds is 9. The van der Waals surface area contributed by atoms with E-state index in [1.54, 1.807) is 0 Å². The fourth-order valence-corrected chi connectivity index (χ4v) is 7.52. The first-order valence-electron chi connectivity index (χ1n) is 17.3. The van der Waals surface area contributed by atoms with Crippen LogP contribution in [0.25, 0.3) is 22.4 Å². The summed E-state index contributed by atoms with van der Waals surface area (Å²) in [5, 5.41) is 3.13. The molecule has 1 aromatic heterocycles. The van der Waals surface area contributed by atoms with Crippen molar-refractivity contribution in [2.45, 2.75) is 89.6 Å². The average Bonchev–Trinajstić information content (AvgIpc) is 3.42. The van der Waals surface area contributed by atoms with Gasteiger partial charge in [0, 0.05) is 0 Å². The number of aromatic nitrogens is 2. The molecule has 1 amide bonds. The average molecular weight is 646 g/mol. The second-order valence-electron chi connectivity index (χ2n) is 15.2. The Kier molecular flexibility index (Phi) is 7.40. The SMILES string of the molecule is CCC1(C[C@H](NC(=O)OCc2ccccc2)c2ncc(-c3ccc4c(c3)C3(COC3)c3cc(B5OC(C)(C)C(C)(C)O5)ccc3-4)[nH]2)CC1. The van der Waals surface area contributed by atoms with Crippen molar-refractivity contribution < 1.29 is 23.6 Å². The molecule has 1 atom stereocenters. The number of alkyl carbamates (subject to hydrolysis) is 1. The van der Waals surface area contributed by atoms with Crippen molar-refractivity contribution in [1.29, 1.82) is 0 Å². The minimum Gasteiger partial charge on any atom is -0.445 e. The molecule has 2 N–H and O–H groups in total. The summed E-state index contributed by atoms with van der Waals surface area (Å²) in [5.41, 5.74) is 8.19. The molecule has 3 heterocycles. The lowest BCUT2D eigenvalue weighted by Crippen LogP contribution is -2.47. The van der Waals surface area contributed by atoms with Gasteiger partial charge in [-0.1, -0.05) is 74.0 Å². The normalized spacial score (nSPS) is 20.9. The van der Waals surface area contributed by atoms with Gasteiger partial charge in [0.15, 0.2) is 0 Å². The topological polar surface area (TPSA) is 94.7 Å². The third-order valence-electron chi connectivity index (χ3n) is 11.7. The van der Waals surface area contributed by atoms with Crippen molar-refractivity contribution in [2.24, 2.45) is 5.41 Å². The van der Waals surface area contributed by atoms with Crippen LogP contribution in [0.1, 0.15) is 88.9 Å². The number of carbonyl (C=O) groups is 1. The molecule has 248 valence electrons. The Morgan fingerprint density at radius 1 is 0.958 bits per heavy atom. The zero-order valence-corrected chi connectivity index (χ0v) is 28.5. The van der Waals surface area contributed by atoms with E-state index >= 15 is 0 Å². The monoisotopic (exact) mass is 645 g/mol. The highest BCUT2D eigenvalue weighted by Crippen LogP contribution is 2.55. The molecule has 2 aliphatic carbocycles. The summed E-state index contributed by atoms with van der Waals surface area (Å²) < 4.78 is 24.3. The second kappa shape index (κ2) is 11.3. The molecule has 1 spiro atoms. The van der Waals surface area contributed by atoms with Gasteiger partial charge in [-0.2, -0.15) is 0 Å². The number of ether oxygens (including phenoxy) is 2. The molecule has 3 aromatic carbocycles. The summed E-state index contributed by atoms with van der Waals surface area (Å²) >= 11 is 0. The van der Waals surface area contributed by atoms with Gasteiger partial charge in [-0.25, -0.2) is 9.78 Å². The Morgan fingerprint density at radius 2 is 1.65 bits per heavy atom.